The number of rotatable bonds is 3. The first-order valence-corrected chi connectivity index (χ1v) is 5.13. The molecule has 0 spiro atoms. The van der Waals surface area contributed by atoms with E-state index in [0.717, 1.165) is 15.8 Å². The molecule has 2 atom stereocenters. The zero-order chi connectivity index (χ0) is 10.7. The third-order valence-electron chi connectivity index (χ3n) is 2.09. The van der Waals surface area contributed by atoms with Crippen molar-refractivity contribution in [1.82, 2.24) is 0 Å². The van der Waals surface area contributed by atoms with Crippen LogP contribution in [0.1, 0.15) is 18.5 Å². The van der Waals surface area contributed by atoms with Crippen molar-refractivity contribution < 1.29 is 9.84 Å². The lowest BCUT2D eigenvalue weighted by Gasteiger charge is -2.17. The molecule has 0 aliphatic carbocycles. The molecule has 4 heteroatoms. The van der Waals surface area contributed by atoms with E-state index in [2.05, 4.69) is 15.9 Å². The Morgan fingerprint density at radius 1 is 1.50 bits per heavy atom. The lowest BCUT2D eigenvalue weighted by Crippen LogP contribution is -2.23. The van der Waals surface area contributed by atoms with Crippen molar-refractivity contribution in [2.75, 3.05) is 7.11 Å². The van der Waals surface area contributed by atoms with E-state index >= 15 is 0 Å². The molecule has 1 aromatic carbocycles. The van der Waals surface area contributed by atoms with Crippen molar-refractivity contribution in [3.63, 3.8) is 0 Å². The molecule has 1 rings (SSSR count). The Morgan fingerprint density at radius 3 is 2.64 bits per heavy atom. The monoisotopic (exact) mass is 259 g/mol. The molecule has 14 heavy (non-hydrogen) atoms. The van der Waals surface area contributed by atoms with Crippen LogP contribution in [0.5, 0.6) is 5.75 Å². The van der Waals surface area contributed by atoms with Crippen molar-refractivity contribution in [3.05, 3.63) is 28.2 Å². The average Bonchev–Trinajstić information content (AvgIpc) is 2.17. The van der Waals surface area contributed by atoms with Crippen LogP contribution in [0, 0.1) is 0 Å². The Kier molecular flexibility index (Phi) is 3.92. The molecular formula is C10H14BrNO2. The first kappa shape index (κ1) is 11.5. The normalized spacial score (nSPS) is 14.9. The van der Waals surface area contributed by atoms with Gasteiger partial charge in [0.15, 0.2) is 0 Å². The molecule has 0 fully saturated rings. The maximum atomic E-state index is 9.38. The van der Waals surface area contributed by atoms with Gasteiger partial charge in [-0.05, 0) is 34.5 Å². The second-order valence-corrected chi connectivity index (χ2v) is 3.92. The third-order valence-corrected chi connectivity index (χ3v) is 2.94. The Hall–Kier alpha value is -0.580. The predicted molar refractivity (Wildman–Crippen MR) is 59.3 cm³/mol. The van der Waals surface area contributed by atoms with Gasteiger partial charge in [-0.2, -0.15) is 0 Å². The molecule has 3 N–H and O–H groups in total. The number of nitrogens with two attached hydrogens (primary N) is 1. The van der Waals surface area contributed by atoms with E-state index in [0.29, 0.717) is 0 Å². The highest BCUT2D eigenvalue weighted by molar-refractivity contribution is 9.10. The molecule has 0 bridgehead atoms. The van der Waals surface area contributed by atoms with Crippen LogP contribution in [0.25, 0.3) is 0 Å². The van der Waals surface area contributed by atoms with Crippen LogP contribution in [0.3, 0.4) is 0 Å². The zero-order valence-electron chi connectivity index (χ0n) is 8.20. The Labute approximate surface area is 92.0 Å². The molecular weight excluding hydrogens is 246 g/mol. The average molecular weight is 260 g/mol. The molecule has 0 aliphatic rings. The van der Waals surface area contributed by atoms with Crippen LogP contribution in [0.2, 0.25) is 0 Å². The molecule has 0 unspecified atom stereocenters. The van der Waals surface area contributed by atoms with Gasteiger partial charge in [-0.15, -0.1) is 0 Å². The minimum atomic E-state index is -0.585. The molecule has 3 nitrogen and oxygen atoms in total. The predicted octanol–water partition coefficient (Wildman–Crippen LogP) is 1.84. The van der Waals surface area contributed by atoms with E-state index in [9.17, 15) is 5.11 Å². The van der Waals surface area contributed by atoms with E-state index in [4.69, 9.17) is 10.5 Å². The summed E-state index contributed by atoms with van der Waals surface area (Å²) in [6, 6.07) is 5.15. The van der Waals surface area contributed by atoms with Crippen molar-refractivity contribution in [1.29, 1.82) is 0 Å². The molecule has 1 aromatic rings. The van der Waals surface area contributed by atoms with Crippen LogP contribution in [0.4, 0.5) is 0 Å². The molecule has 0 radical (unpaired) electrons. The van der Waals surface area contributed by atoms with Crippen molar-refractivity contribution in [3.8, 4) is 5.75 Å². The largest absolute Gasteiger partial charge is 0.496 e. The number of aliphatic hydroxyl groups excluding tert-OH is 1. The molecule has 0 amide bonds. The van der Waals surface area contributed by atoms with Crippen molar-refractivity contribution in [2.24, 2.45) is 5.73 Å². The second kappa shape index (κ2) is 4.77. The highest BCUT2D eigenvalue weighted by atomic mass is 79.9. The van der Waals surface area contributed by atoms with E-state index in [1.165, 1.54) is 0 Å². The number of benzene rings is 1. The van der Waals surface area contributed by atoms with Gasteiger partial charge < -0.3 is 15.6 Å². The van der Waals surface area contributed by atoms with Crippen LogP contribution >= 0.6 is 15.9 Å². The minimum Gasteiger partial charge on any atom is -0.496 e. The van der Waals surface area contributed by atoms with Gasteiger partial charge in [0.05, 0.1) is 23.7 Å². The number of ether oxygens (including phenoxy) is 1. The summed E-state index contributed by atoms with van der Waals surface area (Å²) in [6.45, 7) is 1.66. The maximum absolute atomic E-state index is 9.38. The summed E-state index contributed by atoms with van der Waals surface area (Å²) in [4.78, 5) is 0. The van der Waals surface area contributed by atoms with Gasteiger partial charge in [0.1, 0.15) is 5.75 Å². The lowest BCUT2D eigenvalue weighted by atomic mass is 10.0. The topological polar surface area (TPSA) is 55.5 Å². The van der Waals surface area contributed by atoms with Gasteiger partial charge >= 0.3 is 0 Å². The summed E-state index contributed by atoms with van der Waals surface area (Å²) in [7, 11) is 1.60. The summed E-state index contributed by atoms with van der Waals surface area (Å²) < 4.78 is 5.93. The van der Waals surface area contributed by atoms with Crippen molar-refractivity contribution in [2.45, 2.75) is 19.1 Å². The fraction of sp³-hybridized carbons (Fsp3) is 0.400. The smallest absolute Gasteiger partial charge is 0.133 e. The van der Waals surface area contributed by atoms with Gasteiger partial charge in [-0.25, -0.2) is 0 Å². The van der Waals surface area contributed by atoms with E-state index < -0.39 is 12.1 Å². The van der Waals surface area contributed by atoms with E-state index in [1.807, 2.05) is 18.2 Å². The van der Waals surface area contributed by atoms with Crippen molar-refractivity contribution >= 4 is 15.9 Å². The van der Waals surface area contributed by atoms with Crippen LogP contribution < -0.4 is 10.5 Å². The number of halogens is 1. The number of hydrogen-bond donors (Lipinski definition) is 2. The number of hydrogen-bond acceptors (Lipinski definition) is 3. The fourth-order valence-electron chi connectivity index (χ4n) is 1.20. The van der Waals surface area contributed by atoms with Crippen LogP contribution in [-0.2, 0) is 0 Å². The number of methoxy groups -OCH3 is 1. The lowest BCUT2D eigenvalue weighted by molar-refractivity contribution is 0.164. The van der Waals surface area contributed by atoms with E-state index in [1.54, 1.807) is 14.0 Å². The summed E-state index contributed by atoms with van der Waals surface area (Å²) in [5.41, 5.74) is 6.67. The molecule has 78 valence electrons. The molecule has 0 heterocycles. The standard InChI is InChI=1S/C10H14BrNO2/c1-6(13)10(12)7-4-3-5-8(14-2)9(7)11/h3-6,10,13H,12H2,1-2H3/t6-,10-/m0/s1. The highest BCUT2D eigenvalue weighted by Gasteiger charge is 2.16. The summed E-state index contributed by atoms with van der Waals surface area (Å²) >= 11 is 3.39. The zero-order valence-corrected chi connectivity index (χ0v) is 9.78. The quantitative estimate of drug-likeness (QED) is 0.871. The van der Waals surface area contributed by atoms with Crippen LogP contribution in [-0.4, -0.2) is 18.3 Å². The Balaban J connectivity index is 3.09. The SMILES string of the molecule is COc1cccc([C@@H](N)[C@H](C)O)c1Br. The van der Waals surface area contributed by atoms with Crippen LogP contribution in [0.15, 0.2) is 22.7 Å². The number of aliphatic hydroxyl groups is 1. The Bertz CT molecular complexity index is 315. The molecule has 0 saturated carbocycles. The first-order chi connectivity index (χ1) is 6.57. The van der Waals surface area contributed by atoms with Gasteiger partial charge in [-0.3, -0.25) is 0 Å². The highest BCUT2D eigenvalue weighted by Crippen LogP contribution is 2.32. The Morgan fingerprint density at radius 2 is 2.14 bits per heavy atom. The summed E-state index contributed by atoms with van der Waals surface area (Å²) in [6.07, 6.45) is -0.585. The molecule has 0 aromatic heterocycles. The first-order valence-electron chi connectivity index (χ1n) is 4.34. The molecule has 0 saturated heterocycles. The van der Waals surface area contributed by atoms with Gasteiger partial charge in [0.25, 0.3) is 0 Å². The van der Waals surface area contributed by atoms with Gasteiger partial charge in [0, 0.05) is 0 Å². The van der Waals surface area contributed by atoms with Gasteiger partial charge in [0.2, 0.25) is 0 Å². The van der Waals surface area contributed by atoms with E-state index in [-0.39, 0.29) is 0 Å². The summed E-state index contributed by atoms with van der Waals surface area (Å²) in [5, 5.41) is 9.38. The second-order valence-electron chi connectivity index (χ2n) is 3.13. The maximum Gasteiger partial charge on any atom is 0.133 e. The minimum absolute atomic E-state index is 0.403. The summed E-state index contributed by atoms with van der Waals surface area (Å²) in [5.74, 6) is 0.721. The fourth-order valence-corrected chi connectivity index (χ4v) is 1.89. The van der Waals surface area contributed by atoms with Gasteiger partial charge in [-0.1, -0.05) is 12.1 Å². The third kappa shape index (κ3) is 2.26. The molecule has 0 aliphatic heterocycles.